The van der Waals surface area contributed by atoms with Crippen molar-refractivity contribution in [3.8, 4) is 6.07 Å². The van der Waals surface area contributed by atoms with Crippen LogP contribution in [-0.2, 0) is 4.79 Å². The first-order valence-electron chi connectivity index (χ1n) is 6.60. The van der Waals surface area contributed by atoms with Crippen LogP contribution in [0.5, 0.6) is 0 Å². The monoisotopic (exact) mass is 354 g/mol. The number of hydrogen-bond donors (Lipinski definition) is 1. The molecule has 1 aromatic carbocycles. The van der Waals surface area contributed by atoms with E-state index in [0.717, 1.165) is 28.6 Å². The van der Waals surface area contributed by atoms with Crippen molar-refractivity contribution in [1.29, 1.82) is 5.26 Å². The van der Waals surface area contributed by atoms with E-state index in [4.69, 9.17) is 16.9 Å². The fourth-order valence-electron chi connectivity index (χ4n) is 2.41. The number of nitrogens with one attached hydrogen (secondary N) is 1. The second-order valence-corrected chi connectivity index (χ2v) is 5.97. The molecule has 5 nitrogen and oxygen atoms in total. The maximum Gasteiger partial charge on any atom is 0.249 e. The van der Waals surface area contributed by atoms with Crippen LogP contribution in [0, 0.1) is 23.0 Å². The van der Waals surface area contributed by atoms with Gasteiger partial charge in [0.25, 0.3) is 0 Å². The number of para-hydroxylation sites is 1. The Hall–Kier alpha value is -2.24. The molecule has 3 rings (SSSR count). The van der Waals surface area contributed by atoms with Crippen LogP contribution in [0.1, 0.15) is 12.0 Å². The van der Waals surface area contributed by atoms with Crippen LogP contribution in [0.25, 0.3) is 0 Å². The molecule has 1 aromatic heterocycles. The molecule has 1 unspecified atom stereocenters. The van der Waals surface area contributed by atoms with Crippen molar-refractivity contribution in [2.75, 3.05) is 16.8 Å². The molecule has 2 heterocycles. The van der Waals surface area contributed by atoms with E-state index in [9.17, 15) is 13.6 Å². The summed E-state index contributed by atoms with van der Waals surface area (Å²) in [5.74, 6) is -2.06. The molecule has 0 aliphatic carbocycles. The number of hydrogen-bond acceptors (Lipinski definition) is 5. The summed E-state index contributed by atoms with van der Waals surface area (Å²) in [4.78, 5) is 13.5. The number of aromatic nitrogens is 1. The van der Waals surface area contributed by atoms with Crippen molar-refractivity contribution in [1.82, 2.24) is 4.37 Å². The van der Waals surface area contributed by atoms with Gasteiger partial charge in [-0.2, -0.15) is 9.64 Å². The molecule has 1 fully saturated rings. The van der Waals surface area contributed by atoms with Crippen molar-refractivity contribution < 1.29 is 13.6 Å². The molecule has 2 aromatic rings. The molecule has 0 spiro atoms. The van der Waals surface area contributed by atoms with E-state index in [-0.39, 0.29) is 22.9 Å². The molecule has 0 bridgehead atoms. The highest BCUT2D eigenvalue weighted by atomic mass is 35.5. The second-order valence-electron chi connectivity index (χ2n) is 4.84. The Morgan fingerprint density at radius 2 is 2.13 bits per heavy atom. The molecule has 118 valence electrons. The highest BCUT2D eigenvalue weighted by Gasteiger charge is 2.36. The lowest BCUT2D eigenvalue weighted by atomic mass is 10.2. The molecule has 1 amide bonds. The third-order valence-corrected chi connectivity index (χ3v) is 4.63. The summed E-state index contributed by atoms with van der Waals surface area (Å²) >= 11 is 6.73. The molecule has 1 aliphatic rings. The molecule has 23 heavy (non-hydrogen) atoms. The summed E-state index contributed by atoms with van der Waals surface area (Å²) in [6, 6.07) is 4.65. The smallest absolute Gasteiger partial charge is 0.249 e. The lowest BCUT2D eigenvalue weighted by Crippen LogP contribution is -2.34. The Labute approximate surface area is 139 Å². The van der Waals surface area contributed by atoms with Gasteiger partial charge in [0.05, 0.1) is 0 Å². The van der Waals surface area contributed by atoms with Gasteiger partial charge in [-0.15, -0.1) is 0 Å². The third kappa shape index (κ3) is 2.73. The van der Waals surface area contributed by atoms with E-state index in [1.165, 1.54) is 6.07 Å². The van der Waals surface area contributed by atoms with Gasteiger partial charge in [-0.3, -0.25) is 4.79 Å². The van der Waals surface area contributed by atoms with Crippen LogP contribution in [0.2, 0.25) is 5.15 Å². The average molecular weight is 355 g/mol. The molecular formula is C14H9ClF2N4OS. The quantitative estimate of drug-likeness (QED) is 0.919. The number of carbonyl (C=O) groups is 1. The topological polar surface area (TPSA) is 69.0 Å². The van der Waals surface area contributed by atoms with E-state index < -0.39 is 23.6 Å². The van der Waals surface area contributed by atoms with Crippen molar-refractivity contribution >= 4 is 39.7 Å². The van der Waals surface area contributed by atoms with E-state index in [0.29, 0.717) is 11.4 Å². The van der Waals surface area contributed by atoms with Crippen LogP contribution >= 0.6 is 23.1 Å². The van der Waals surface area contributed by atoms with Crippen LogP contribution in [0.4, 0.5) is 19.5 Å². The van der Waals surface area contributed by atoms with Gasteiger partial charge in [-0.05, 0) is 30.1 Å². The fourth-order valence-corrected chi connectivity index (χ4v) is 3.39. The minimum Gasteiger partial charge on any atom is -0.363 e. The minimum atomic E-state index is -0.794. The standard InChI is InChI=1S/C14H9ClF2N4OS/c15-12-7(6-18)13(23-20-12)19-10-4-5-21(14(10)22)11-8(16)2-1-3-9(11)17/h1-3,10,19H,4-5H2. The van der Waals surface area contributed by atoms with E-state index in [2.05, 4.69) is 9.69 Å². The summed E-state index contributed by atoms with van der Waals surface area (Å²) < 4.78 is 31.5. The lowest BCUT2D eigenvalue weighted by molar-refractivity contribution is -0.117. The normalized spacial score (nSPS) is 17.4. The summed E-state index contributed by atoms with van der Waals surface area (Å²) in [6.45, 7) is 0.169. The first-order valence-corrected chi connectivity index (χ1v) is 7.75. The highest BCUT2D eigenvalue weighted by molar-refractivity contribution is 7.10. The van der Waals surface area contributed by atoms with E-state index in [1.54, 1.807) is 0 Å². The number of halogens is 3. The number of amides is 1. The number of rotatable bonds is 3. The Morgan fingerprint density at radius 1 is 1.43 bits per heavy atom. The lowest BCUT2D eigenvalue weighted by Gasteiger charge is -2.18. The van der Waals surface area contributed by atoms with Crippen molar-refractivity contribution in [2.45, 2.75) is 12.5 Å². The van der Waals surface area contributed by atoms with Gasteiger partial charge in [-0.25, -0.2) is 8.78 Å². The SMILES string of the molecule is N#Cc1c(Cl)nsc1NC1CCN(c2c(F)cccc2F)C1=O. The predicted octanol–water partition coefficient (Wildman–Crippen LogP) is 3.16. The molecule has 1 aliphatic heterocycles. The maximum absolute atomic E-state index is 13.8. The first-order chi connectivity index (χ1) is 11.0. The summed E-state index contributed by atoms with van der Waals surface area (Å²) in [7, 11) is 0. The van der Waals surface area contributed by atoms with Gasteiger partial charge in [0.15, 0.2) is 5.15 Å². The first kappa shape index (κ1) is 15.6. The Balaban J connectivity index is 1.84. The van der Waals surface area contributed by atoms with E-state index >= 15 is 0 Å². The van der Waals surface area contributed by atoms with Gasteiger partial charge < -0.3 is 10.2 Å². The average Bonchev–Trinajstić information content (AvgIpc) is 3.04. The number of nitriles is 1. The number of anilines is 2. The van der Waals surface area contributed by atoms with Gasteiger partial charge in [0.1, 0.15) is 40.0 Å². The Kier molecular flexibility index (Phi) is 4.15. The molecular weight excluding hydrogens is 346 g/mol. The zero-order valence-corrected chi connectivity index (χ0v) is 13.1. The number of carbonyl (C=O) groups excluding carboxylic acids is 1. The summed E-state index contributed by atoms with van der Waals surface area (Å²) in [5, 5.41) is 12.3. The minimum absolute atomic E-state index is 0.0578. The predicted molar refractivity (Wildman–Crippen MR) is 82.6 cm³/mol. The van der Waals surface area contributed by atoms with Gasteiger partial charge in [0.2, 0.25) is 5.91 Å². The van der Waals surface area contributed by atoms with Crippen LogP contribution in [-0.4, -0.2) is 22.9 Å². The number of benzene rings is 1. The largest absolute Gasteiger partial charge is 0.363 e. The Morgan fingerprint density at radius 3 is 2.78 bits per heavy atom. The number of nitrogens with zero attached hydrogens (tertiary/aromatic N) is 3. The van der Waals surface area contributed by atoms with E-state index in [1.807, 2.05) is 6.07 Å². The fraction of sp³-hybridized carbons (Fsp3) is 0.214. The van der Waals surface area contributed by atoms with Gasteiger partial charge in [-0.1, -0.05) is 17.7 Å². The van der Waals surface area contributed by atoms with Crippen LogP contribution < -0.4 is 10.2 Å². The van der Waals surface area contributed by atoms with Gasteiger partial charge >= 0.3 is 0 Å². The molecule has 0 saturated carbocycles. The van der Waals surface area contributed by atoms with Crippen molar-refractivity contribution in [3.05, 3.63) is 40.6 Å². The second kappa shape index (κ2) is 6.10. The van der Waals surface area contributed by atoms with Crippen molar-refractivity contribution in [3.63, 3.8) is 0 Å². The Bertz CT molecular complexity index is 799. The zero-order valence-electron chi connectivity index (χ0n) is 11.5. The molecule has 9 heteroatoms. The molecule has 1 atom stereocenters. The van der Waals surface area contributed by atoms with Crippen molar-refractivity contribution in [2.24, 2.45) is 0 Å². The molecule has 1 N–H and O–H groups in total. The zero-order chi connectivity index (χ0) is 16.6. The summed E-state index contributed by atoms with van der Waals surface area (Å²) in [5.41, 5.74) is -0.204. The summed E-state index contributed by atoms with van der Waals surface area (Å²) in [6.07, 6.45) is 0.340. The van der Waals surface area contributed by atoms with Gasteiger partial charge in [0, 0.05) is 6.54 Å². The maximum atomic E-state index is 13.8. The van der Waals surface area contributed by atoms with Crippen LogP contribution in [0.15, 0.2) is 18.2 Å². The van der Waals surface area contributed by atoms with Crippen LogP contribution in [0.3, 0.4) is 0 Å². The highest BCUT2D eigenvalue weighted by Crippen LogP contribution is 2.32. The molecule has 0 radical (unpaired) electrons. The molecule has 1 saturated heterocycles. The third-order valence-electron chi connectivity index (χ3n) is 3.48.